The molecule has 3 aromatic rings. The third-order valence-corrected chi connectivity index (χ3v) is 6.80. The number of hydrogen-bond acceptors (Lipinski definition) is 6. The van der Waals surface area contributed by atoms with Crippen LogP contribution in [0.15, 0.2) is 46.3 Å². The molecule has 0 amide bonds. The van der Waals surface area contributed by atoms with Gasteiger partial charge in [-0.2, -0.15) is 4.31 Å². The molecule has 0 bridgehead atoms. The first kappa shape index (κ1) is 22.0. The summed E-state index contributed by atoms with van der Waals surface area (Å²) in [4.78, 5) is 29.0. The van der Waals surface area contributed by atoms with E-state index in [1.807, 2.05) is 0 Å². The highest BCUT2D eigenvalue weighted by Crippen LogP contribution is 2.19. The van der Waals surface area contributed by atoms with Gasteiger partial charge in [0.25, 0.3) is 5.56 Å². The van der Waals surface area contributed by atoms with Crippen LogP contribution in [0.2, 0.25) is 5.02 Å². The minimum atomic E-state index is -3.70. The molecule has 0 aliphatic heterocycles. The number of rotatable bonds is 7. The molecule has 0 radical (unpaired) electrons. The summed E-state index contributed by atoms with van der Waals surface area (Å²) in [7, 11) is -2.14. The van der Waals surface area contributed by atoms with Crippen LogP contribution < -0.4 is 5.56 Å². The minimum Gasteiger partial charge on any atom is -0.455 e. The van der Waals surface area contributed by atoms with E-state index in [-0.39, 0.29) is 28.4 Å². The van der Waals surface area contributed by atoms with Gasteiger partial charge in [-0.1, -0.05) is 25.4 Å². The minimum absolute atomic E-state index is 0.0135. The zero-order valence-corrected chi connectivity index (χ0v) is 18.3. The molecule has 0 saturated carbocycles. The van der Waals surface area contributed by atoms with Crippen LogP contribution in [0.25, 0.3) is 5.65 Å². The number of halogens is 1. The smallest absolute Gasteiger partial charge is 0.355 e. The van der Waals surface area contributed by atoms with Crippen LogP contribution in [0, 0.1) is 0 Å². The molecule has 0 aromatic carbocycles. The monoisotopic (exact) mass is 452 g/mol. The summed E-state index contributed by atoms with van der Waals surface area (Å²) < 4.78 is 34.5. The van der Waals surface area contributed by atoms with Crippen molar-refractivity contribution in [3.63, 3.8) is 0 Å². The Bertz CT molecular complexity index is 1260. The van der Waals surface area contributed by atoms with Gasteiger partial charge in [0.15, 0.2) is 0 Å². The van der Waals surface area contributed by atoms with E-state index in [4.69, 9.17) is 16.3 Å². The van der Waals surface area contributed by atoms with E-state index in [0.717, 1.165) is 0 Å². The fourth-order valence-electron chi connectivity index (χ4n) is 3.00. The lowest BCUT2D eigenvalue weighted by atomic mass is 10.4. The number of hydrogen-bond donors (Lipinski definition) is 0. The van der Waals surface area contributed by atoms with Crippen LogP contribution in [0.1, 0.15) is 30.0 Å². The molecule has 3 aromatic heterocycles. The number of carbonyl (C=O) groups excluding carboxylic acids is 1. The van der Waals surface area contributed by atoms with Gasteiger partial charge >= 0.3 is 5.97 Å². The van der Waals surface area contributed by atoms with Crippen molar-refractivity contribution in [2.24, 2.45) is 7.05 Å². The standard InChI is InChI=1S/C19H21ClN4O5S/c1-4-23(5-2)30(27,28)15-9-16(22(3)11-15)19(26)29-12-14-8-18(25)24-10-13(20)6-7-17(24)21-14/h6-11H,4-5,12H2,1-3H3. The van der Waals surface area contributed by atoms with Gasteiger partial charge < -0.3 is 9.30 Å². The summed E-state index contributed by atoms with van der Waals surface area (Å²) in [5, 5.41) is 0.393. The maximum absolute atomic E-state index is 12.7. The molecular formula is C19H21ClN4O5S. The lowest BCUT2D eigenvalue weighted by molar-refractivity contribution is 0.0456. The van der Waals surface area contributed by atoms with Crippen molar-refractivity contribution in [3.05, 3.63) is 63.4 Å². The summed E-state index contributed by atoms with van der Waals surface area (Å²) >= 11 is 5.88. The highest BCUT2D eigenvalue weighted by molar-refractivity contribution is 7.89. The second kappa shape index (κ2) is 8.58. The Hall–Kier alpha value is -2.69. The second-order valence-electron chi connectivity index (χ2n) is 6.50. The predicted molar refractivity (Wildman–Crippen MR) is 111 cm³/mol. The largest absolute Gasteiger partial charge is 0.455 e. The van der Waals surface area contributed by atoms with Crippen LogP contribution in [-0.2, 0) is 28.4 Å². The van der Waals surface area contributed by atoms with Crippen LogP contribution in [0.5, 0.6) is 0 Å². The molecule has 11 heteroatoms. The van der Waals surface area contributed by atoms with Gasteiger partial charge in [-0.05, 0) is 18.2 Å². The van der Waals surface area contributed by atoms with Gasteiger partial charge in [0, 0.05) is 38.6 Å². The SMILES string of the molecule is CCN(CC)S(=O)(=O)c1cc(C(=O)OCc2cc(=O)n3cc(Cl)ccc3n2)n(C)c1. The van der Waals surface area contributed by atoms with Gasteiger partial charge in [0.2, 0.25) is 10.0 Å². The van der Waals surface area contributed by atoms with E-state index in [1.165, 1.54) is 37.8 Å². The summed E-state index contributed by atoms with van der Waals surface area (Å²) in [5.41, 5.74) is 0.343. The quantitative estimate of drug-likeness (QED) is 0.508. The molecule has 0 aliphatic rings. The highest BCUT2D eigenvalue weighted by atomic mass is 35.5. The lowest BCUT2D eigenvalue weighted by Crippen LogP contribution is -2.30. The van der Waals surface area contributed by atoms with Crippen molar-refractivity contribution in [3.8, 4) is 0 Å². The van der Waals surface area contributed by atoms with Gasteiger partial charge in [0.1, 0.15) is 22.8 Å². The number of sulfonamides is 1. The number of aryl methyl sites for hydroxylation is 1. The normalized spacial score (nSPS) is 11.9. The average Bonchev–Trinajstić information content (AvgIpc) is 3.10. The summed E-state index contributed by atoms with van der Waals surface area (Å²) in [6.45, 7) is 3.89. The summed E-state index contributed by atoms with van der Waals surface area (Å²) in [5.74, 6) is -0.725. The molecule has 3 heterocycles. The van der Waals surface area contributed by atoms with Gasteiger partial charge in [0.05, 0.1) is 10.7 Å². The van der Waals surface area contributed by atoms with E-state index in [0.29, 0.717) is 23.8 Å². The van der Waals surface area contributed by atoms with Crippen molar-refractivity contribution in [2.75, 3.05) is 13.1 Å². The number of nitrogens with zero attached hydrogens (tertiary/aromatic N) is 4. The highest BCUT2D eigenvalue weighted by Gasteiger charge is 2.26. The molecule has 0 unspecified atom stereocenters. The number of ether oxygens (including phenoxy) is 1. The summed E-state index contributed by atoms with van der Waals surface area (Å²) in [6.07, 6.45) is 2.82. The second-order valence-corrected chi connectivity index (χ2v) is 8.87. The van der Waals surface area contributed by atoms with Crippen LogP contribution >= 0.6 is 11.6 Å². The Morgan fingerprint density at radius 3 is 2.57 bits per heavy atom. The van der Waals surface area contributed by atoms with Crippen LogP contribution in [0.3, 0.4) is 0 Å². The molecule has 0 N–H and O–H groups in total. The Morgan fingerprint density at radius 2 is 1.90 bits per heavy atom. The topological polar surface area (TPSA) is 103 Å². The van der Waals surface area contributed by atoms with Crippen molar-refractivity contribution < 1.29 is 17.9 Å². The Labute approximate surface area is 178 Å². The zero-order valence-electron chi connectivity index (χ0n) is 16.7. The maximum atomic E-state index is 12.7. The van der Waals surface area contributed by atoms with Crippen molar-refractivity contribution in [2.45, 2.75) is 25.3 Å². The third kappa shape index (κ3) is 4.25. The fraction of sp³-hybridized carbons (Fsp3) is 0.316. The third-order valence-electron chi connectivity index (χ3n) is 4.56. The molecule has 0 atom stereocenters. The number of fused-ring (bicyclic) bond motifs is 1. The molecule has 0 aliphatic carbocycles. The van der Waals surface area contributed by atoms with Crippen LogP contribution in [-0.4, -0.2) is 45.7 Å². The Balaban J connectivity index is 1.81. The van der Waals surface area contributed by atoms with Crippen LogP contribution in [0.4, 0.5) is 0 Å². The molecule has 160 valence electrons. The van der Waals surface area contributed by atoms with E-state index >= 15 is 0 Å². The van der Waals surface area contributed by atoms with Crippen molar-refractivity contribution in [1.82, 2.24) is 18.3 Å². The van der Waals surface area contributed by atoms with E-state index in [2.05, 4.69) is 4.98 Å². The average molecular weight is 453 g/mol. The molecule has 0 saturated heterocycles. The van der Waals surface area contributed by atoms with E-state index < -0.39 is 16.0 Å². The number of carbonyl (C=O) groups is 1. The number of aromatic nitrogens is 3. The van der Waals surface area contributed by atoms with E-state index in [9.17, 15) is 18.0 Å². The van der Waals surface area contributed by atoms with Crippen molar-refractivity contribution in [1.29, 1.82) is 0 Å². The molecule has 3 rings (SSSR count). The first-order valence-corrected chi connectivity index (χ1v) is 11.0. The molecular weight excluding hydrogens is 432 g/mol. The first-order chi connectivity index (χ1) is 14.2. The maximum Gasteiger partial charge on any atom is 0.355 e. The van der Waals surface area contributed by atoms with Gasteiger partial charge in [-0.25, -0.2) is 18.2 Å². The van der Waals surface area contributed by atoms with Gasteiger partial charge in [-0.3, -0.25) is 9.20 Å². The van der Waals surface area contributed by atoms with Gasteiger partial charge in [-0.15, -0.1) is 0 Å². The first-order valence-electron chi connectivity index (χ1n) is 9.18. The molecule has 0 fully saturated rings. The fourth-order valence-corrected chi connectivity index (χ4v) is 4.69. The number of esters is 1. The summed E-state index contributed by atoms with van der Waals surface area (Å²) in [6, 6.07) is 5.70. The van der Waals surface area contributed by atoms with E-state index in [1.54, 1.807) is 33.0 Å². The Kier molecular flexibility index (Phi) is 6.30. The van der Waals surface area contributed by atoms with Crippen molar-refractivity contribution >= 4 is 33.2 Å². The lowest BCUT2D eigenvalue weighted by Gasteiger charge is -2.17. The molecule has 9 nitrogen and oxygen atoms in total. The number of pyridine rings is 1. The Morgan fingerprint density at radius 1 is 1.20 bits per heavy atom. The predicted octanol–water partition coefficient (Wildman–Crippen LogP) is 2.07. The molecule has 0 spiro atoms. The zero-order chi connectivity index (χ0) is 22.1. The molecule has 30 heavy (non-hydrogen) atoms.